The first-order valence-electron chi connectivity index (χ1n) is 6.60. The summed E-state index contributed by atoms with van der Waals surface area (Å²) >= 11 is 9.53. The minimum Gasteiger partial charge on any atom is -0.493 e. The Morgan fingerprint density at radius 3 is 2.90 bits per heavy atom. The highest BCUT2D eigenvalue weighted by Crippen LogP contribution is 2.33. The largest absolute Gasteiger partial charge is 0.493 e. The number of anilines is 1. The van der Waals surface area contributed by atoms with Gasteiger partial charge in [-0.2, -0.15) is 0 Å². The van der Waals surface area contributed by atoms with Gasteiger partial charge in [0.05, 0.1) is 6.61 Å². The Morgan fingerprint density at radius 1 is 1.20 bits per heavy atom. The van der Waals surface area contributed by atoms with Gasteiger partial charge in [0.25, 0.3) is 0 Å². The van der Waals surface area contributed by atoms with Crippen LogP contribution in [0.1, 0.15) is 16.7 Å². The van der Waals surface area contributed by atoms with E-state index in [1.807, 2.05) is 18.2 Å². The van der Waals surface area contributed by atoms with Crippen molar-refractivity contribution in [3.05, 3.63) is 57.6 Å². The van der Waals surface area contributed by atoms with Crippen LogP contribution in [0, 0.1) is 0 Å². The number of para-hydroxylation sites is 1. The van der Waals surface area contributed by atoms with Gasteiger partial charge in [0.2, 0.25) is 0 Å². The van der Waals surface area contributed by atoms with Gasteiger partial charge in [-0.25, -0.2) is 0 Å². The number of hydrogen-bond acceptors (Lipinski definition) is 2. The average molecular weight is 353 g/mol. The number of alkyl halides is 1. The monoisotopic (exact) mass is 351 g/mol. The molecule has 1 aliphatic rings. The molecule has 0 atom stereocenters. The molecule has 3 rings (SSSR count). The summed E-state index contributed by atoms with van der Waals surface area (Å²) in [6.45, 7) is 1.51. The summed E-state index contributed by atoms with van der Waals surface area (Å²) in [5.74, 6) is 1.54. The second-order valence-corrected chi connectivity index (χ2v) is 5.98. The van der Waals surface area contributed by atoms with Gasteiger partial charge in [-0.15, -0.1) is 11.6 Å². The van der Waals surface area contributed by atoms with Gasteiger partial charge in [-0.05, 0) is 29.3 Å². The molecule has 0 bridgehead atoms. The lowest BCUT2D eigenvalue weighted by Crippen LogP contribution is -2.03. The lowest BCUT2D eigenvalue weighted by Gasteiger charge is -2.13. The molecule has 0 aromatic heterocycles. The molecule has 104 valence electrons. The van der Waals surface area contributed by atoms with Crippen LogP contribution in [0.15, 0.2) is 40.9 Å². The Morgan fingerprint density at radius 2 is 2.05 bits per heavy atom. The number of benzene rings is 2. The second-order valence-electron chi connectivity index (χ2n) is 4.80. The van der Waals surface area contributed by atoms with Crippen molar-refractivity contribution in [1.82, 2.24) is 0 Å². The van der Waals surface area contributed by atoms with Gasteiger partial charge < -0.3 is 10.1 Å². The van der Waals surface area contributed by atoms with Crippen LogP contribution in [0.4, 0.5) is 5.69 Å². The maximum atomic E-state index is 5.96. The second kappa shape index (κ2) is 6.06. The van der Waals surface area contributed by atoms with Crippen molar-refractivity contribution in [1.29, 1.82) is 0 Å². The van der Waals surface area contributed by atoms with Crippen molar-refractivity contribution < 1.29 is 4.74 Å². The number of ether oxygens (including phenoxy) is 1. The molecule has 1 heterocycles. The summed E-state index contributed by atoms with van der Waals surface area (Å²) in [5.41, 5.74) is 4.65. The van der Waals surface area contributed by atoms with Gasteiger partial charge in [0.15, 0.2) is 0 Å². The molecule has 0 saturated carbocycles. The van der Waals surface area contributed by atoms with Crippen molar-refractivity contribution in [3.63, 3.8) is 0 Å². The highest BCUT2D eigenvalue weighted by Gasteiger charge is 2.17. The molecule has 0 unspecified atom stereocenters. The van der Waals surface area contributed by atoms with Crippen molar-refractivity contribution in [3.8, 4) is 5.75 Å². The van der Waals surface area contributed by atoms with E-state index in [9.17, 15) is 0 Å². The van der Waals surface area contributed by atoms with Crippen LogP contribution >= 0.6 is 27.5 Å². The minimum atomic E-state index is 0.510. The molecular formula is C16H15BrClNO. The SMILES string of the molecule is ClCc1ccccc1NCc1cc(Br)cc2c1OCC2. The normalized spacial score (nSPS) is 12.9. The number of nitrogens with one attached hydrogen (secondary N) is 1. The predicted octanol–water partition coefficient (Wildman–Crippen LogP) is 4.73. The quantitative estimate of drug-likeness (QED) is 0.803. The fraction of sp³-hybridized carbons (Fsp3) is 0.250. The smallest absolute Gasteiger partial charge is 0.127 e. The third kappa shape index (κ3) is 2.79. The van der Waals surface area contributed by atoms with E-state index in [-0.39, 0.29) is 0 Å². The van der Waals surface area contributed by atoms with Gasteiger partial charge in [0, 0.05) is 34.6 Å². The van der Waals surface area contributed by atoms with Crippen molar-refractivity contribution in [2.45, 2.75) is 18.8 Å². The maximum absolute atomic E-state index is 5.96. The third-order valence-electron chi connectivity index (χ3n) is 3.46. The Kier molecular flexibility index (Phi) is 4.18. The zero-order chi connectivity index (χ0) is 13.9. The zero-order valence-corrected chi connectivity index (χ0v) is 13.3. The van der Waals surface area contributed by atoms with Crippen molar-refractivity contribution in [2.75, 3.05) is 11.9 Å². The predicted molar refractivity (Wildman–Crippen MR) is 86.7 cm³/mol. The van der Waals surface area contributed by atoms with E-state index in [0.29, 0.717) is 5.88 Å². The highest BCUT2D eigenvalue weighted by atomic mass is 79.9. The lowest BCUT2D eigenvalue weighted by molar-refractivity contribution is 0.354. The molecule has 0 aliphatic carbocycles. The first-order valence-corrected chi connectivity index (χ1v) is 7.92. The summed E-state index contributed by atoms with van der Waals surface area (Å²) in [6.07, 6.45) is 0.986. The van der Waals surface area contributed by atoms with Crippen LogP contribution < -0.4 is 10.1 Å². The minimum absolute atomic E-state index is 0.510. The van der Waals surface area contributed by atoms with E-state index < -0.39 is 0 Å². The van der Waals surface area contributed by atoms with Gasteiger partial charge in [-0.3, -0.25) is 0 Å². The fourth-order valence-corrected chi connectivity index (χ4v) is 3.26. The van der Waals surface area contributed by atoms with E-state index in [0.717, 1.165) is 41.0 Å². The van der Waals surface area contributed by atoms with Gasteiger partial charge in [-0.1, -0.05) is 34.1 Å². The van der Waals surface area contributed by atoms with Crippen molar-refractivity contribution >= 4 is 33.2 Å². The van der Waals surface area contributed by atoms with E-state index in [1.165, 1.54) is 11.1 Å². The van der Waals surface area contributed by atoms with Crippen LogP contribution in [0.2, 0.25) is 0 Å². The molecule has 0 amide bonds. The van der Waals surface area contributed by atoms with E-state index in [1.54, 1.807) is 0 Å². The molecule has 2 aromatic carbocycles. The first-order chi connectivity index (χ1) is 9.78. The zero-order valence-electron chi connectivity index (χ0n) is 11.0. The number of rotatable bonds is 4. The molecular weight excluding hydrogens is 338 g/mol. The Balaban J connectivity index is 1.82. The highest BCUT2D eigenvalue weighted by molar-refractivity contribution is 9.10. The van der Waals surface area contributed by atoms with E-state index in [4.69, 9.17) is 16.3 Å². The summed E-state index contributed by atoms with van der Waals surface area (Å²) < 4.78 is 6.84. The molecule has 2 nitrogen and oxygen atoms in total. The molecule has 2 aromatic rings. The summed E-state index contributed by atoms with van der Waals surface area (Å²) in [5, 5.41) is 3.45. The summed E-state index contributed by atoms with van der Waals surface area (Å²) in [4.78, 5) is 0. The van der Waals surface area contributed by atoms with Crippen LogP contribution in [0.25, 0.3) is 0 Å². The first kappa shape index (κ1) is 13.8. The van der Waals surface area contributed by atoms with Gasteiger partial charge >= 0.3 is 0 Å². The molecule has 0 saturated heterocycles. The Bertz CT molecular complexity index is 630. The van der Waals surface area contributed by atoms with Crippen LogP contribution in [-0.4, -0.2) is 6.61 Å². The molecule has 1 N–H and O–H groups in total. The standard InChI is InChI=1S/C16H15BrClNO/c17-14-7-11-5-6-20-16(11)13(8-14)10-19-15-4-2-1-3-12(15)9-18/h1-4,7-8,19H,5-6,9-10H2. The molecule has 4 heteroatoms. The molecule has 0 fully saturated rings. The van der Waals surface area contributed by atoms with Gasteiger partial charge in [0.1, 0.15) is 5.75 Å². The van der Waals surface area contributed by atoms with Crippen LogP contribution in [0.3, 0.4) is 0 Å². The fourth-order valence-electron chi connectivity index (χ4n) is 2.48. The molecule has 0 radical (unpaired) electrons. The topological polar surface area (TPSA) is 21.3 Å². The third-order valence-corrected chi connectivity index (χ3v) is 4.20. The van der Waals surface area contributed by atoms with E-state index >= 15 is 0 Å². The van der Waals surface area contributed by atoms with Crippen LogP contribution in [0.5, 0.6) is 5.75 Å². The lowest BCUT2D eigenvalue weighted by atomic mass is 10.1. The molecule has 0 spiro atoms. The Hall–Kier alpha value is -1.19. The number of halogens is 2. The van der Waals surface area contributed by atoms with Crippen LogP contribution in [-0.2, 0) is 18.8 Å². The molecule has 1 aliphatic heterocycles. The number of hydrogen-bond donors (Lipinski definition) is 1. The Labute approximate surface area is 132 Å². The number of fused-ring (bicyclic) bond motifs is 1. The molecule has 20 heavy (non-hydrogen) atoms. The van der Waals surface area contributed by atoms with Crippen molar-refractivity contribution in [2.24, 2.45) is 0 Å². The van der Waals surface area contributed by atoms with E-state index in [2.05, 4.69) is 39.4 Å². The average Bonchev–Trinajstić information content (AvgIpc) is 2.93. The maximum Gasteiger partial charge on any atom is 0.127 e. The summed E-state index contributed by atoms with van der Waals surface area (Å²) in [7, 11) is 0. The summed E-state index contributed by atoms with van der Waals surface area (Å²) in [6, 6.07) is 12.4.